The maximum atomic E-state index is 11.6. The molecule has 1 aliphatic rings. The first-order chi connectivity index (χ1) is 8.11. The highest BCUT2D eigenvalue weighted by molar-refractivity contribution is 6.34. The van der Waals surface area contributed by atoms with E-state index in [1.165, 1.54) is 0 Å². The van der Waals surface area contributed by atoms with Crippen LogP contribution in [0.15, 0.2) is 12.1 Å². The van der Waals surface area contributed by atoms with Gasteiger partial charge in [-0.25, -0.2) is 0 Å². The lowest BCUT2D eigenvalue weighted by Gasteiger charge is -2.11. The van der Waals surface area contributed by atoms with Crippen LogP contribution in [0, 0.1) is 0 Å². The molecule has 17 heavy (non-hydrogen) atoms. The fraction of sp³-hybridized carbons (Fsp3) is 0.364. The van der Waals surface area contributed by atoms with Crippen LogP contribution in [-0.4, -0.2) is 18.7 Å². The number of anilines is 1. The third-order valence-electron chi connectivity index (χ3n) is 2.50. The molecule has 1 aliphatic heterocycles. The molecule has 0 unspecified atom stereocenters. The number of carbonyl (C=O) groups is 1. The smallest absolute Gasteiger partial charge is 0.241 e. The topological polar surface area (TPSA) is 73.6 Å². The quantitative estimate of drug-likeness (QED) is 0.864. The van der Waals surface area contributed by atoms with Gasteiger partial charge in [0.1, 0.15) is 0 Å². The molecule has 6 heteroatoms. The van der Waals surface area contributed by atoms with Gasteiger partial charge < -0.3 is 20.5 Å². The highest BCUT2D eigenvalue weighted by Crippen LogP contribution is 2.39. The van der Waals surface area contributed by atoms with Gasteiger partial charge in [0.2, 0.25) is 12.7 Å². The molecule has 1 atom stereocenters. The lowest BCUT2D eigenvalue weighted by atomic mass is 10.2. The van der Waals surface area contributed by atoms with E-state index in [4.69, 9.17) is 26.8 Å². The zero-order chi connectivity index (χ0) is 12.4. The van der Waals surface area contributed by atoms with Gasteiger partial charge in [-0.1, -0.05) is 18.5 Å². The van der Waals surface area contributed by atoms with Crippen molar-refractivity contribution in [3.05, 3.63) is 17.2 Å². The summed E-state index contributed by atoms with van der Waals surface area (Å²) in [6.07, 6.45) is 0.563. The van der Waals surface area contributed by atoms with Gasteiger partial charge in [0.15, 0.2) is 11.5 Å². The number of rotatable bonds is 3. The predicted molar refractivity (Wildman–Crippen MR) is 64.5 cm³/mol. The molecule has 1 amide bonds. The van der Waals surface area contributed by atoms with Gasteiger partial charge in [-0.05, 0) is 6.42 Å². The summed E-state index contributed by atoms with van der Waals surface area (Å²) >= 11 is 6.01. The van der Waals surface area contributed by atoms with Gasteiger partial charge in [-0.2, -0.15) is 0 Å². The van der Waals surface area contributed by atoms with Crippen molar-refractivity contribution < 1.29 is 14.3 Å². The van der Waals surface area contributed by atoms with Crippen LogP contribution in [0.5, 0.6) is 11.5 Å². The Morgan fingerprint density at radius 1 is 1.53 bits per heavy atom. The Morgan fingerprint density at radius 3 is 2.82 bits per heavy atom. The molecule has 0 aliphatic carbocycles. The van der Waals surface area contributed by atoms with Gasteiger partial charge >= 0.3 is 0 Å². The molecule has 0 aromatic heterocycles. The average Bonchev–Trinajstić information content (AvgIpc) is 2.75. The van der Waals surface area contributed by atoms with Crippen LogP contribution in [0.1, 0.15) is 13.3 Å². The van der Waals surface area contributed by atoms with Crippen molar-refractivity contribution >= 4 is 23.2 Å². The van der Waals surface area contributed by atoms with E-state index in [1.807, 2.05) is 6.92 Å². The average molecular weight is 257 g/mol. The van der Waals surface area contributed by atoms with E-state index in [0.29, 0.717) is 28.6 Å². The summed E-state index contributed by atoms with van der Waals surface area (Å²) in [6, 6.07) is 2.69. The standard InChI is InChI=1S/C11H13ClN2O3/c1-2-7(13)11(15)14-8-4-10-9(3-6(8)12)16-5-17-10/h3-4,7H,2,5,13H2,1H3,(H,14,15)/t7-/m0/s1. The molecule has 92 valence electrons. The number of carbonyl (C=O) groups excluding carboxylic acids is 1. The minimum absolute atomic E-state index is 0.164. The van der Waals surface area contributed by atoms with Crippen LogP contribution in [-0.2, 0) is 4.79 Å². The number of halogens is 1. The van der Waals surface area contributed by atoms with Crippen LogP contribution in [0.25, 0.3) is 0 Å². The largest absolute Gasteiger partial charge is 0.454 e. The maximum Gasteiger partial charge on any atom is 0.241 e. The molecule has 0 radical (unpaired) electrons. The highest BCUT2D eigenvalue weighted by atomic mass is 35.5. The van der Waals surface area contributed by atoms with E-state index in [2.05, 4.69) is 5.32 Å². The normalized spacial score (nSPS) is 14.5. The second-order valence-electron chi connectivity index (χ2n) is 3.69. The summed E-state index contributed by atoms with van der Waals surface area (Å²) < 4.78 is 10.4. The van der Waals surface area contributed by atoms with E-state index in [0.717, 1.165) is 0 Å². The number of hydrogen-bond donors (Lipinski definition) is 2. The van der Waals surface area contributed by atoms with Gasteiger partial charge in [-0.15, -0.1) is 0 Å². The summed E-state index contributed by atoms with van der Waals surface area (Å²) in [5.74, 6) is 0.871. The number of fused-ring (bicyclic) bond motifs is 1. The Morgan fingerprint density at radius 2 is 2.18 bits per heavy atom. The lowest BCUT2D eigenvalue weighted by Crippen LogP contribution is -2.34. The molecule has 0 saturated carbocycles. The predicted octanol–water partition coefficient (Wildman–Crippen LogP) is 1.74. The molecule has 0 saturated heterocycles. The number of nitrogens with two attached hydrogens (primary N) is 1. The molecule has 2 rings (SSSR count). The fourth-order valence-corrected chi connectivity index (χ4v) is 1.62. The van der Waals surface area contributed by atoms with Crippen LogP contribution >= 0.6 is 11.6 Å². The van der Waals surface area contributed by atoms with Crippen molar-refractivity contribution in [3.63, 3.8) is 0 Å². The van der Waals surface area contributed by atoms with Crippen LogP contribution in [0.4, 0.5) is 5.69 Å². The lowest BCUT2D eigenvalue weighted by molar-refractivity contribution is -0.117. The summed E-state index contributed by atoms with van der Waals surface area (Å²) in [7, 11) is 0. The molecule has 1 heterocycles. The summed E-state index contributed by atoms with van der Waals surface area (Å²) in [6.45, 7) is 2.00. The maximum absolute atomic E-state index is 11.6. The summed E-state index contributed by atoms with van der Waals surface area (Å²) in [5, 5.41) is 3.05. The molecular weight excluding hydrogens is 244 g/mol. The van der Waals surface area contributed by atoms with E-state index in [1.54, 1.807) is 12.1 Å². The SMILES string of the molecule is CC[C@H](N)C(=O)Nc1cc2c(cc1Cl)OCO2. The van der Waals surface area contributed by atoms with Crippen molar-refractivity contribution in [1.82, 2.24) is 0 Å². The van der Waals surface area contributed by atoms with Crippen LogP contribution < -0.4 is 20.5 Å². The van der Waals surface area contributed by atoms with E-state index >= 15 is 0 Å². The van der Waals surface area contributed by atoms with E-state index in [-0.39, 0.29) is 12.7 Å². The fourth-order valence-electron chi connectivity index (χ4n) is 1.42. The van der Waals surface area contributed by atoms with Crippen molar-refractivity contribution in [2.75, 3.05) is 12.1 Å². The molecular formula is C11H13ClN2O3. The second-order valence-corrected chi connectivity index (χ2v) is 4.10. The number of ether oxygens (including phenoxy) is 2. The Labute approximate surface area is 104 Å². The molecule has 3 N–H and O–H groups in total. The number of benzene rings is 1. The Kier molecular flexibility index (Phi) is 3.40. The first kappa shape index (κ1) is 12.0. The van der Waals surface area contributed by atoms with Gasteiger partial charge in [-0.3, -0.25) is 4.79 Å². The molecule has 0 fully saturated rings. The van der Waals surface area contributed by atoms with Crippen molar-refractivity contribution in [2.45, 2.75) is 19.4 Å². The zero-order valence-corrected chi connectivity index (χ0v) is 10.1. The van der Waals surface area contributed by atoms with Crippen molar-refractivity contribution in [1.29, 1.82) is 0 Å². The number of hydrogen-bond acceptors (Lipinski definition) is 4. The van der Waals surface area contributed by atoms with Crippen molar-refractivity contribution in [2.24, 2.45) is 5.73 Å². The van der Waals surface area contributed by atoms with Crippen molar-refractivity contribution in [3.8, 4) is 11.5 Å². The third kappa shape index (κ3) is 2.45. The first-order valence-electron chi connectivity index (χ1n) is 5.27. The number of amides is 1. The highest BCUT2D eigenvalue weighted by Gasteiger charge is 2.19. The second kappa shape index (κ2) is 4.81. The molecule has 1 aromatic rings. The molecule has 5 nitrogen and oxygen atoms in total. The molecule has 1 aromatic carbocycles. The Hall–Kier alpha value is -1.46. The summed E-state index contributed by atoms with van der Waals surface area (Å²) in [4.78, 5) is 11.6. The molecule has 0 bridgehead atoms. The minimum Gasteiger partial charge on any atom is -0.454 e. The van der Waals surface area contributed by atoms with Crippen LogP contribution in [0.2, 0.25) is 5.02 Å². The summed E-state index contributed by atoms with van der Waals surface area (Å²) in [5.41, 5.74) is 6.09. The first-order valence-corrected chi connectivity index (χ1v) is 5.65. The van der Waals surface area contributed by atoms with Crippen LogP contribution in [0.3, 0.4) is 0 Å². The van der Waals surface area contributed by atoms with Gasteiger partial charge in [0.05, 0.1) is 16.8 Å². The van der Waals surface area contributed by atoms with Gasteiger partial charge in [0.25, 0.3) is 0 Å². The minimum atomic E-state index is -0.545. The number of nitrogens with one attached hydrogen (secondary N) is 1. The Bertz CT molecular complexity index is 451. The monoisotopic (exact) mass is 256 g/mol. The van der Waals surface area contributed by atoms with E-state index in [9.17, 15) is 4.79 Å². The zero-order valence-electron chi connectivity index (χ0n) is 9.33. The Balaban J connectivity index is 2.19. The van der Waals surface area contributed by atoms with Gasteiger partial charge in [0, 0.05) is 12.1 Å². The third-order valence-corrected chi connectivity index (χ3v) is 2.81. The molecule has 0 spiro atoms. The van der Waals surface area contributed by atoms with E-state index < -0.39 is 6.04 Å².